The van der Waals surface area contributed by atoms with Crippen LogP contribution in [0.15, 0.2) is 29.2 Å². The van der Waals surface area contributed by atoms with E-state index in [-0.39, 0.29) is 0 Å². The lowest BCUT2D eigenvalue weighted by atomic mass is 10.1. The van der Waals surface area contributed by atoms with Crippen molar-refractivity contribution in [2.24, 2.45) is 0 Å². The minimum Gasteiger partial charge on any atom is -0.312 e. The van der Waals surface area contributed by atoms with Crippen molar-refractivity contribution in [3.8, 4) is 0 Å². The lowest BCUT2D eigenvalue weighted by Crippen LogP contribution is -2.38. The van der Waals surface area contributed by atoms with Crippen molar-refractivity contribution in [3.05, 3.63) is 29.8 Å². The van der Waals surface area contributed by atoms with Crippen LogP contribution in [0.25, 0.3) is 0 Å². The van der Waals surface area contributed by atoms with Crippen molar-refractivity contribution in [3.63, 3.8) is 0 Å². The summed E-state index contributed by atoms with van der Waals surface area (Å²) in [7, 11) is 0. The van der Waals surface area contributed by atoms with Crippen molar-refractivity contribution in [2.75, 3.05) is 12.8 Å². The maximum absolute atomic E-state index is 12.6. The molecule has 1 amide bonds. The molecule has 0 spiro atoms. The zero-order valence-electron chi connectivity index (χ0n) is 11.1. The zero-order chi connectivity index (χ0) is 14.9. The highest BCUT2D eigenvalue weighted by Crippen LogP contribution is 2.30. The fourth-order valence-corrected chi connectivity index (χ4v) is 2.61. The summed E-state index contributed by atoms with van der Waals surface area (Å²) in [5, 5.41) is 2.90. The number of halogens is 3. The number of carbonyl (C=O) groups is 1. The predicted molar refractivity (Wildman–Crippen MR) is 71.3 cm³/mol. The van der Waals surface area contributed by atoms with E-state index < -0.39 is 30.8 Å². The van der Waals surface area contributed by atoms with E-state index in [1.54, 1.807) is 30.8 Å². The van der Waals surface area contributed by atoms with Gasteiger partial charge in [-0.15, -0.1) is 11.8 Å². The van der Waals surface area contributed by atoms with E-state index in [1.165, 1.54) is 0 Å². The first-order valence-electron chi connectivity index (χ1n) is 6.09. The molecule has 0 saturated carbocycles. The Labute approximate surface area is 119 Å². The Morgan fingerprint density at radius 2 is 1.90 bits per heavy atom. The first kappa shape index (κ1) is 15.2. The van der Waals surface area contributed by atoms with Gasteiger partial charge in [0.2, 0.25) is 5.91 Å². The average molecular weight is 304 g/mol. The highest BCUT2D eigenvalue weighted by Gasteiger charge is 2.43. The number of thioether (sulfide) groups is 1. The maximum atomic E-state index is 12.6. The van der Waals surface area contributed by atoms with Crippen LogP contribution >= 0.6 is 11.8 Å². The summed E-state index contributed by atoms with van der Waals surface area (Å²) in [6.07, 6.45) is -3.21. The smallest absolute Gasteiger partial charge is 0.312 e. The van der Waals surface area contributed by atoms with E-state index in [2.05, 4.69) is 5.32 Å². The van der Waals surface area contributed by atoms with Crippen LogP contribution in [0.2, 0.25) is 0 Å². The van der Waals surface area contributed by atoms with Gasteiger partial charge in [-0.05, 0) is 30.9 Å². The molecule has 2 atom stereocenters. The molecule has 110 valence electrons. The number of nitrogens with one attached hydrogen (secondary N) is 1. The fourth-order valence-electron chi connectivity index (χ4n) is 2.20. The van der Waals surface area contributed by atoms with E-state index in [1.807, 2.05) is 18.4 Å². The molecule has 1 fully saturated rings. The molecular weight excluding hydrogens is 289 g/mol. The molecule has 2 unspecified atom stereocenters. The number of nitrogens with zero attached hydrogens (tertiary/aromatic N) is 1. The molecule has 1 aliphatic heterocycles. The molecule has 20 heavy (non-hydrogen) atoms. The van der Waals surface area contributed by atoms with Crippen LogP contribution in [0.4, 0.5) is 13.2 Å². The Balaban J connectivity index is 2.25. The number of hydrogen-bond donors (Lipinski definition) is 1. The van der Waals surface area contributed by atoms with Gasteiger partial charge in [-0.2, -0.15) is 13.2 Å². The molecule has 0 bridgehead atoms. The summed E-state index contributed by atoms with van der Waals surface area (Å²) >= 11 is 1.55. The van der Waals surface area contributed by atoms with Gasteiger partial charge in [-0.25, -0.2) is 0 Å². The van der Waals surface area contributed by atoms with Crippen LogP contribution in [-0.2, 0) is 4.79 Å². The van der Waals surface area contributed by atoms with Crippen LogP contribution in [-0.4, -0.2) is 35.8 Å². The van der Waals surface area contributed by atoms with Crippen LogP contribution in [0.5, 0.6) is 0 Å². The van der Waals surface area contributed by atoms with Gasteiger partial charge in [0.05, 0.1) is 6.04 Å². The predicted octanol–water partition coefficient (Wildman–Crippen LogP) is 2.79. The lowest BCUT2D eigenvalue weighted by Gasteiger charge is -2.25. The molecule has 2 rings (SSSR count). The Kier molecular flexibility index (Phi) is 4.29. The van der Waals surface area contributed by atoms with E-state index in [0.29, 0.717) is 5.56 Å². The minimum atomic E-state index is -4.40. The lowest BCUT2D eigenvalue weighted by molar-refractivity contribution is -0.161. The fraction of sp³-hybridized carbons (Fsp3) is 0.462. The second kappa shape index (κ2) is 5.65. The van der Waals surface area contributed by atoms with Crippen molar-refractivity contribution < 1.29 is 18.0 Å². The van der Waals surface area contributed by atoms with Crippen LogP contribution in [0, 0.1) is 0 Å². The molecule has 0 radical (unpaired) electrons. The maximum Gasteiger partial charge on any atom is 0.406 e. The molecule has 0 aromatic heterocycles. The Hall–Kier alpha value is -1.21. The minimum absolute atomic E-state index is 0.527. The Morgan fingerprint density at radius 3 is 2.40 bits per heavy atom. The normalized spacial score (nSPS) is 23.4. The third-order valence-electron chi connectivity index (χ3n) is 3.15. The Bertz CT molecular complexity index is 489. The zero-order valence-corrected chi connectivity index (χ0v) is 11.9. The van der Waals surface area contributed by atoms with Gasteiger partial charge in [0.1, 0.15) is 12.7 Å². The summed E-state index contributed by atoms with van der Waals surface area (Å²) in [5.41, 5.74) is 0.657. The quantitative estimate of drug-likeness (QED) is 0.872. The van der Waals surface area contributed by atoms with E-state index in [9.17, 15) is 18.0 Å². The van der Waals surface area contributed by atoms with Crippen molar-refractivity contribution in [1.82, 2.24) is 10.2 Å². The summed E-state index contributed by atoms with van der Waals surface area (Å²) in [4.78, 5) is 13.7. The molecule has 1 N–H and O–H groups in total. The SMILES string of the molecule is CSc1ccc(C2NC(C)C(=O)N2CC(F)(F)F)cc1. The van der Waals surface area contributed by atoms with Crippen LogP contribution in [0.3, 0.4) is 0 Å². The van der Waals surface area contributed by atoms with E-state index in [4.69, 9.17) is 0 Å². The standard InChI is InChI=1S/C13H15F3N2OS/c1-8-12(19)18(7-13(14,15)16)11(17-8)9-3-5-10(20-2)6-4-9/h3-6,8,11,17H,7H2,1-2H3. The van der Waals surface area contributed by atoms with Crippen molar-refractivity contribution in [2.45, 2.75) is 30.2 Å². The van der Waals surface area contributed by atoms with Gasteiger partial charge in [-0.3, -0.25) is 10.1 Å². The molecule has 0 aliphatic carbocycles. The number of carbonyl (C=O) groups excluding carboxylic acids is 1. The molecule has 1 aliphatic rings. The second-order valence-corrected chi connectivity index (χ2v) is 5.53. The number of hydrogen-bond acceptors (Lipinski definition) is 3. The summed E-state index contributed by atoms with van der Waals surface area (Å²) < 4.78 is 37.8. The third kappa shape index (κ3) is 3.27. The molecule has 1 aromatic rings. The molecule has 3 nitrogen and oxygen atoms in total. The number of amides is 1. The summed E-state index contributed by atoms with van der Waals surface area (Å²) in [6, 6.07) is 6.56. The summed E-state index contributed by atoms with van der Waals surface area (Å²) in [6.45, 7) is 0.333. The number of rotatable bonds is 3. The van der Waals surface area contributed by atoms with E-state index in [0.717, 1.165) is 9.80 Å². The van der Waals surface area contributed by atoms with Crippen molar-refractivity contribution >= 4 is 17.7 Å². The monoisotopic (exact) mass is 304 g/mol. The van der Waals surface area contributed by atoms with Gasteiger partial charge < -0.3 is 4.90 Å². The molecule has 7 heteroatoms. The molecule has 1 saturated heterocycles. The van der Waals surface area contributed by atoms with Gasteiger partial charge in [0.15, 0.2) is 0 Å². The van der Waals surface area contributed by atoms with Crippen molar-refractivity contribution in [1.29, 1.82) is 0 Å². The highest BCUT2D eigenvalue weighted by atomic mass is 32.2. The van der Waals surface area contributed by atoms with Gasteiger partial charge in [0, 0.05) is 4.90 Å². The third-order valence-corrected chi connectivity index (χ3v) is 3.90. The second-order valence-electron chi connectivity index (χ2n) is 4.65. The topological polar surface area (TPSA) is 32.3 Å². The van der Waals surface area contributed by atoms with Gasteiger partial charge >= 0.3 is 6.18 Å². The molecular formula is C13H15F3N2OS. The largest absolute Gasteiger partial charge is 0.406 e. The van der Waals surface area contributed by atoms with E-state index >= 15 is 0 Å². The highest BCUT2D eigenvalue weighted by molar-refractivity contribution is 7.98. The number of benzene rings is 1. The average Bonchev–Trinajstić information content (AvgIpc) is 2.65. The molecule has 1 heterocycles. The van der Waals surface area contributed by atoms with Crippen LogP contribution < -0.4 is 5.32 Å². The first-order chi connectivity index (χ1) is 9.31. The summed E-state index contributed by atoms with van der Waals surface area (Å²) in [5.74, 6) is -0.527. The van der Waals surface area contributed by atoms with Crippen LogP contribution in [0.1, 0.15) is 18.7 Å². The first-order valence-corrected chi connectivity index (χ1v) is 7.31. The van der Waals surface area contributed by atoms with Gasteiger partial charge in [0.25, 0.3) is 0 Å². The Morgan fingerprint density at radius 1 is 1.30 bits per heavy atom. The van der Waals surface area contributed by atoms with Gasteiger partial charge in [-0.1, -0.05) is 12.1 Å². The molecule has 1 aromatic carbocycles. The number of alkyl halides is 3.